The number of hydrogen-bond donors (Lipinski definition) is 2. The molecule has 0 saturated carbocycles. The van der Waals surface area contributed by atoms with Gasteiger partial charge in [-0.15, -0.1) is 0 Å². The van der Waals surface area contributed by atoms with Gasteiger partial charge < -0.3 is 9.84 Å². The summed E-state index contributed by atoms with van der Waals surface area (Å²) in [4.78, 5) is 9.98. The van der Waals surface area contributed by atoms with E-state index in [1.54, 1.807) is 6.92 Å². The Hall–Kier alpha value is -1.32. The van der Waals surface area contributed by atoms with Gasteiger partial charge in [-0.3, -0.25) is 10.2 Å². The van der Waals surface area contributed by atoms with Gasteiger partial charge in [0.15, 0.2) is 0 Å². The molecule has 0 aromatic heterocycles. The molecule has 0 aliphatic rings. The van der Waals surface area contributed by atoms with Crippen molar-refractivity contribution in [2.45, 2.75) is 13.3 Å². The van der Waals surface area contributed by atoms with Crippen LogP contribution >= 0.6 is 0 Å². The highest BCUT2D eigenvalue weighted by Gasteiger charge is 2.00. The lowest BCUT2D eigenvalue weighted by molar-refractivity contribution is -0.137. The van der Waals surface area contributed by atoms with Gasteiger partial charge in [-0.05, 0) is 6.92 Å². The summed E-state index contributed by atoms with van der Waals surface area (Å²) in [6.07, 6.45) is -0.0876. The molecule has 0 aliphatic heterocycles. The molecule has 0 aliphatic carbocycles. The van der Waals surface area contributed by atoms with Crippen LogP contribution < -0.4 is 0 Å². The number of aliphatic carboxylic acids is 1. The van der Waals surface area contributed by atoms with Gasteiger partial charge in [0, 0.05) is 5.57 Å². The van der Waals surface area contributed by atoms with Gasteiger partial charge in [0.2, 0.25) is 5.90 Å². The highest BCUT2D eigenvalue weighted by molar-refractivity contribution is 5.89. The molecule has 62 valence electrons. The van der Waals surface area contributed by atoms with Crippen molar-refractivity contribution in [3.63, 3.8) is 0 Å². The van der Waals surface area contributed by atoms with Gasteiger partial charge in [-0.1, -0.05) is 6.58 Å². The van der Waals surface area contributed by atoms with Crippen molar-refractivity contribution < 1.29 is 14.6 Å². The van der Waals surface area contributed by atoms with Gasteiger partial charge in [0.1, 0.15) is 6.61 Å². The molecule has 0 rings (SSSR count). The number of carboxylic acid groups (broad SMARTS) is 1. The van der Waals surface area contributed by atoms with E-state index in [4.69, 9.17) is 15.3 Å². The monoisotopic (exact) mass is 157 g/mol. The normalized spacial score (nSPS) is 8.82. The van der Waals surface area contributed by atoms with Gasteiger partial charge in [0.05, 0.1) is 6.42 Å². The van der Waals surface area contributed by atoms with E-state index in [-0.39, 0.29) is 18.9 Å². The molecule has 0 aromatic carbocycles. The van der Waals surface area contributed by atoms with Crippen LogP contribution in [0, 0.1) is 5.41 Å². The Bertz CT molecular complexity index is 186. The SMILES string of the molecule is C=C(C)C(=N)OCCC(=O)O. The molecular formula is C7H11NO3. The Labute approximate surface area is 65.0 Å². The fraction of sp³-hybridized carbons (Fsp3) is 0.429. The van der Waals surface area contributed by atoms with E-state index in [9.17, 15) is 4.79 Å². The van der Waals surface area contributed by atoms with Crippen LogP contribution in [-0.4, -0.2) is 23.6 Å². The molecule has 0 radical (unpaired) electrons. The van der Waals surface area contributed by atoms with Crippen molar-refractivity contribution in [2.24, 2.45) is 0 Å². The lowest BCUT2D eigenvalue weighted by Crippen LogP contribution is -2.08. The zero-order valence-electron chi connectivity index (χ0n) is 6.39. The number of ether oxygens (including phenoxy) is 1. The zero-order chi connectivity index (χ0) is 8.85. The van der Waals surface area contributed by atoms with E-state index in [0.717, 1.165) is 0 Å². The molecule has 4 heteroatoms. The molecule has 0 heterocycles. The van der Waals surface area contributed by atoms with Crippen LogP contribution in [0.5, 0.6) is 0 Å². The van der Waals surface area contributed by atoms with Crippen molar-refractivity contribution in [3.8, 4) is 0 Å². The fourth-order valence-electron chi connectivity index (χ4n) is 0.364. The number of carboxylic acids is 1. The fourth-order valence-corrected chi connectivity index (χ4v) is 0.364. The summed E-state index contributed by atoms with van der Waals surface area (Å²) in [5, 5.41) is 15.3. The summed E-state index contributed by atoms with van der Waals surface area (Å²) in [7, 11) is 0. The van der Waals surface area contributed by atoms with Gasteiger partial charge in [-0.25, -0.2) is 0 Å². The van der Waals surface area contributed by atoms with Crippen molar-refractivity contribution in [1.82, 2.24) is 0 Å². The van der Waals surface area contributed by atoms with E-state index in [1.165, 1.54) is 0 Å². The predicted octanol–water partition coefficient (Wildman–Crippen LogP) is 1.03. The molecule has 4 nitrogen and oxygen atoms in total. The zero-order valence-corrected chi connectivity index (χ0v) is 6.39. The number of rotatable bonds is 4. The first-order valence-corrected chi connectivity index (χ1v) is 3.13. The van der Waals surface area contributed by atoms with Crippen molar-refractivity contribution in [1.29, 1.82) is 5.41 Å². The maximum absolute atomic E-state index is 9.98. The molecule has 0 bridgehead atoms. The Morgan fingerprint density at radius 2 is 2.27 bits per heavy atom. The van der Waals surface area contributed by atoms with Crippen molar-refractivity contribution in [2.75, 3.05) is 6.61 Å². The first-order chi connectivity index (χ1) is 5.04. The standard InChI is InChI=1S/C7H11NO3/c1-5(2)7(8)11-4-3-6(9)10/h8H,1,3-4H2,2H3,(H,9,10). The average molecular weight is 157 g/mol. The molecule has 0 aromatic rings. The minimum absolute atomic E-state index is 0.0288. The van der Waals surface area contributed by atoms with Crippen LogP contribution in [0.15, 0.2) is 12.2 Å². The lowest BCUT2D eigenvalue weighted by Gasteiger charge is -2.03. The van der Waals surface area contributed by atoms with Crippen LogP contribution in [0.3, 0.4) is 0 Å². The van der Waals surface area contributed by atoms with Gasteiger partial charge >= 0.3 is 5.97 Å². The second kappa shape index (κ2) is 4.49. The molecule has 2 N–H and O–H groups in total. The lowest BCUT2D eigenvalue weighted by atomic mass is 10.3. The minimum Gasteiger partial charge on any atom is -0.481 e. The van der Waals surface area contributed by atoms with Gasteiger partial charge in [0.25, 0.3) is 0 Å². The maximum atomic E-state index is 9.98. The second-order valence-corrected chi connectivity index (χ2v) is 2.10. The quantitative estimate of drug-likeness (QED) is 0.473. The highest BCUT2D eigenvalue weighted by atomic mass is 16.5. The third-order valence-corrected chi connectivity index (χ3v) is 0.950. The van der Waals surface area contributed by atoms with Crippen LogP contribution in [0.25, 0.3) is 0 Å². The van der Waals surface area contributed by atoms with E-state index in [2.05, 4.69) is 6.58 Å². The Morgan fingerprint density at radius 1 is 1.73 bits per heavy atom. The third-order valence-electron chi connectivity index (χ3n) is 0.950. The first-order valence-electron chi connectivity index (χ1n) is 3.13. The van der Waals surface area contributed by atoms with Crippen LogP contribution in [0.1, 0.15) is 13.3 Å². The van der Waals surface area contributed by atoms with Crippen molar-refractivity contribution >= 4 is 11.9 Å². The smallest absolute Gasteiger partial charge is 0.306 e. The molecule has 0 amide bonds. The summed E-state index contributed by atoms with van der Waals surface area (Å²) in [5.74, 6) is -0.981. The Kier molecular flexibility index (Phi) is 3.95. The average Bonchev–Trinajstić information content (AvgIpc) is 1.86. The molecular weight excluding hydrogens is 146 g/mol. The minimum atomic E-state index is -0.931. The summed E-state index contributed by atoms with van der Waals surface area (Å²) >= 11 is 0. The van der Waals surface area contributed by atoms with E-state index in [1.807, 2.05) is 0 Å². The summed E-state index contributed by atoms with van der Waals surface area (Å²) < 4.78 is 4.72. The summed E-state index contributed by atoms with van der Waals surface area (Å²) in [6, 6.07) is 0. The van der Waals surface area contributed by atoms with E-state index < -0.39 is 5.97 Å². The largest absolute Gasteiger partial charge is 0.481 e. The molecule has 11 heavy (non-hydrogen) atoms. The summed E-state index contributed by atoms with van der Waals surface area (Å²) in [6.45, 7) is 5.11. The van der Waals surface area contributed by atoms with Gasteiger partial charge in [-0.2, -0.15) is 0 Å². The third kappa shape index (κ3) is 5.14. The maximum Gasteiger partial charge on any atom is 0.306 e. The summed E-state index contributed by atoms with van der Waals surface area (Å²) in [5.41, 5.74) is 0.496. The van der Waals surface area contributed by atoms with Crippen LogP contribution in [0.4, 0.5) is 0 Å². The first kappa shape index (κ1) is 9.68. The topological polar surface area (TPSA) is 70.4 Å². The molecule has 0 saturated heterocycles. The van der Waals surface area contributed by atoms with E-state index in [0.29, 0.717) is 5.57 Å². The Morgan fingerprint density at radius 3 is 2.64 bits per heavy atom. The molecule has 0 fully saturated rings. The van der Waals surface area contributed by atoms with Crippen molar-refractivity contribution in [3.05, 3.63) is 12.2 Å². The van der Waals surface area contributed by atoms with E-state index >= 15 is 0 Å². The number of nitrogens with one attached hydrogen (secondary N) is 1. The highest BCUT2D eigenvalue weighted by Crippen LogP contribution is 1.93. The Balaban J connectivity index is 3.47. The molecule has 0 unspecified atom stereocenters. The van der Waals surface area contributed by atoms with Crippen LogP contribution in [0.2, 0.25) is 0 Å². The molecule has 0 spiro atoms. The second-order valence-electron chi connectivity index (χ2n) is 2.10. The number of hydrogen-bond acceptors (Lipinski definition) is 3. The van der Waals surface area contributed by atoms with Crippen LogP contribution in [-0.2, 0) is 9.53 Å². The molecule has 0 atom stereocenters. The number of carbonyl (C=O) groups is 1. The predicted molar refractivity (Wildman–Crippen MR) is 40.7 cm³/mol.